The second-order valence-corrected chi connectivity index (χ2v) is 8.70. The molecule has 0 saturated carbocycles. The van der Waals surface area contributed by atoms with Crippen molar-refractivity contribution < 1.29 is 22.8 Å². The SMILES string of the molecule is CC(=O)N1CCc2ccccc2C1CC(=O)N(CCN(C)C)Cc1cccc(C(F)(F)F)c1. The van der Waals surface area contributed by atoms with Gasteiger partial charge in [-0.1, -0.05) is 36.4 Å². The van der Waals surface area contributed by atoms with E-state index in [-0.39, 0.29) is 30.8 Å². The monoisotopic (exact) mass is 461 g/mol. The van der Waals surface area contributed by atoms with Crippen molar-refractivity contribution in [2.24, 2.45) is 0 Å². The Bertz CT molecular complexity index is 991. The number of hydrogen-bond acceptors (Lipinski definition) is 3. The van der Waals surface area contributed by atoms with Crippen molar-refractivity contribution in [1.29, 1.82) is 0 Å². The molecule has 0 spiro atoms. The summed E-state index contributed by atoms with van der Waals surface area (Å²) in [6, 6.07) is 12.5. The minimum atomic E-state index is -4.44. The molecular formula is C25H30F3N3O2. The molecule has 0 radical (unpaired) electrons. The molecule has 0 fully saturated rings. The van der Waals surface area contributed by atoms with E-state index in [0.29, 0.717) is 25.2 Å². The summed E-state index contributed by atoms with van der Waals surface area (Å²) in [4.78, 5) is 31.0. The number of carbonyl (C=O) groups is 2. The molecule has 0 saturated heterocycles. The van der Waals surface area contributed by atoms with Gasteiger partial charge in [0, 0.05) is 33.1 Å². The zero-order valence-electron chi connectivity index (χ0n) is 19.2. The van der Waals surface area contributed by atoms with Crippen molar-refractivity contribution in [3.63, 3.8) is 0 Å². The van der Waals surface area contributed by atoms with E-state index < -0.39 is 11.7 Å². The molecule has 1 aliphatic rings. The van der Waals surface area contributed by atoms with Crippen LogP contribution in [-0.2, 0) is 28.7 Å². The van der Waals surface area contributed by atoms with Crippen LogP contribution in [0.25, 0.3) is 0 Å². The maximum Gasteiger partial charge on any atom is 0.416 e. The standard InChI is InChI=1S/C25H30F3N3O2/c1-18(32)31-12-11-20-8-4-5-10-22(20)23(31)16-24(33)30(14-13-29(2)3)17-19-7-6-9-21(15-19)25(26,27)28/h4-10,15,23H,11-14,16-17H2,1-3H3. The second kappa shape index (κ2) is 10.4. The molecule has 0 N–H and O–H groups in total. The summed E-state index contributed by atoms with van der Waals surface area (Å²) in [7, 11) is 3.75. The van der Waals surface area contributed by atoms with E-state index in [2.05, 4.69) is 0 Å². The van der Waals surface area contributed by atoms with Crippen LogP contribution in [0.4, 0.5) is 13.2 Å². The first-order valence-corrected chi connectivity index (χ1v) is 11.0. The fourth-order valence-electron chi connectivity index (χ4n) is 4.22. The number of benzene rings is 2. The lowest BCUT2D eigenvalue weighted by atomic mass is 9.90. The second-order valence-electron chi connectivity index (χ2n) is 8.70. The number of rotatable bonds is 7. The number of fused-ring (bicyclic) bond motifs is 1. The van der Waals surface area contributed by atoms with Gasteiger partial charge in [-0.2, -0.15) is 13.2 Å². The fraction of sp³-hybridized carbons (Fsp3) is 0.440. The molecule has 1 unspecified atom stereocenters. The van der Waals surface area contributed by atoms with Crippen LogP contribution in [0.5, 0.6) is 0 Å². The molecule has 2 amide bonds. The predicted octanol–water partition coefficient (Wildman–Crippen LogP) is 4.13. The Morgan fingerprint density at radius 1 is 1.06 bits per heavy atom. The van der Waals surface area contributed by atoms with Crippen LogP contribution in [0.15, 0.2) is 48.5 Å². The first-order valence-electron chi connectivity index (χ1n) is 11.0. The number of carbonyl (C=O) groups excluding carboxylic acids is 2. The highest BCUT2D eigenvalue weighted by Gasteiger charge is 2.33. The van der Waals surface area contributed by atoms with Crippen LogP contribution < -0.4 is 0 Å². The lowest BCUT2D eigenvalue weighted by molar-refractivity contribution is -0.138. The Hall–Kier alpha value is -2.87. The van der Waals surface area contributed by atoms with E-state index in [1.807, 2.05) is 43.3 Å². The number of nitrogens with zero attached hydrogens (tertiary/aromatic N) is 3. The Morgan fingerprint density at radius 3 is 2.45 bits per heavy atom. The largest absolute Gasteiger partial charge is 0.416 e. The highest BCUT2D eigenvalue weighted by molar-refractivity contribution is 5.80. The molecule has 3 rings (SSSR count). The van der Waals surface area contributed by atoms with Gasteiger partial charge in [0.2, 0.25) is 11.8 Å². The minimum Gasteiger partial charge on any atom is -0.337 e. The molecule has 1 atom stereocenters. The van der Waals surface area contributed by atoms with Crippen LogP contribution in [0.2, 0.25) is 0 Å². The first kappa shape index (κ1) is 24.8. The third-order valence-electron chi connectivity index (χ3n) is 5.98. The predicted molar refractivity (Wildman–Crippen MR) is 120 cm³/mol. The van der Waals surface area contributed by atoms with Crippen LogP contribution in [0.3, 0.4) is 0 Å². The zero-order chi connectivity index (χ0) is 24.2. The normalized spacial score (nSPS) is 16.0. The number of hydrogen-bond donors (Lipinski definition) is 0. The van der Waals surface area contributed by atoms with E-state index in [1.165, 1.54) is 13.0 Å². The van der Waals surface area contributed by atoms with Gasteiger partial charge in [-0.3, -0.25) is 9.59 Å². The van der Waals surface area contributed by atoms with Gasteiger partial charge in [0.15, 0.2) is 0 Å². The van der Waals surface area contributed by atoms with Gasteiger partial charge in [-0.25, -0.2) is 0 Å². The zero-order valence-corrected chi connectivity index (χ0v) is 19.2. The van der Waals surface area contributed by atoms with Crippen molar-refractivity contribution in [1.82, 2.24) is 14.7 Å². The average molecular weight is 462 g/mol. The molecule has 0 aliphatic carbocycles. The van der Waals surface area contributed by atoms with Crippen LogP contribution in [0, 0.1) is 0 Å². The minimum absolute atomic E-state index is 0.0744. The molecule has 0 aromatic heterocycles. The smallest absolute Gasteiger partial charge is 0.337 e. The number of amides is 2. The summed E-state index contributed by atoms with van der Waals surface area (Å²) in [6.45, 7) is 3.05. The van der Waals surface area contributed by atoms with E-state index in [4.69, 9.17) is 0 Å². The maximum atomic E-state index is 13.4. The lowest BCUT2D eigenvalue weighted by Crippen LogP contribution is -2.43. The number of likely N-dealkylation sites (N-methyl/N-ethyl adjacent to an activating group) is 1. The Labute approximate surface area is 192 Å². The van der Waals surface area contributed by atoms with E-state index in [9.17, 15) is 22.8 Å². The quantitative estimate of drug-likeness (QED) is 0.623. The summed E-state index contributed by atoms with van der Waals surface area (Å²) >= 11 is 0. The highest BCUT2D eigenvalue weighted by atomic mass is 19.4. The molecule has 2 aromatic rings. The molecule has 8 heteroatoms. The Balaban J connectivity index is 1.85. The van der Waals surface area contributed by atoms with Gasteiger partial charge in [0.05, 0.1) is 18.0 Å². The van der Waals surface area contributed by atoms with Gasteiger partial charge in [-0.05, 0) is 49.3 Å². The topological polar surface area (TPSA) is 43.9 Å². The van der Waals surface area contributed by atoms with E-state index >= 15 is 0 Å². The first-order chi connectivity index (χ1) is 15.6. The third-order valence-corrected chi connectivity index (χ3v) is 5.98. The summed E-state index contributed by atoms with van der Waals surface area (Å²) in [5.74, 6) is -0.290. The molecule has 2 aromatic carbocycles. The van der Waals surface area contributed by atoms with Crippen LogP contribution in [-0.4, -0.2) is 60.2 Å². The summed E-state index contributed by atoms with van der Waals surface area (Å²) in [5.41, 5.74) is 1.76. The van der Waals surface area contributed by atoms with Gasteiger partial charge < -0.3 is 14.7 Å². The molecule has 0 bridgehead atoms. The van der Waals surface area contributed by atoms with Gasteiger partial charge >= 0.3 is 6.18 Å². The van der Waals surface area contributed by atoms with Crippen molar-refractivity contribution in [3.05, 3.63) is 70.8 Å². The van der Waals surface area contributed by atoms with Crippen LogP contribution >= 0.6 is 0 Å². The lowest BCUT2D eigenvalue weighted by Gasteiger charge is -2.37. The Kier molecular flexibility index (Phi) is 7.79. The van der Waals surface area contributed by atoms with Gasteiger partial charge in [0.25, 0.3) is 0 Å². The molecule has 178 valence electrons. The summed E-state index contributed by atoms with van der Waals surface area (Å²) in [6.07, 6.45) is -3.62. The van der Waals surface area contributed by atoms with Crippen molar-refractivity contribution >= 4 is 11.8 Å². The molecular weight excluding hydrogens is 431 g/mol. The van der Waals surface area contributed by atoms with E-state index in [0.717, 1.165) is 29.7 Å². The van der Waals surface area contributed by atoms with Crippen molar-refractivity contribution in [3.8, 4) is 0 Å². The summed E-state index contributed by atoms with van der Waals surface area (Å²) < 4.78 is 39.5. The van der Waals surface area contributed by atoms with E-state index in [1.54, 1.807) is 15.9 Å². The van der Waals surface area contributed by atoms with Crippen molar-refractivity contribution in [2.75, 3.05) is 33.7 Å². The van der Waals surface area contributed by atoms with Gasteiger partial charge in [0.1, 0.15) is 0 Å². The number of alkyl halides is 3. The highest BCUT2D eigenvalue weighted by Crippen LogP contribution is 2.33. The number of halogens is 3. The van der Waals surface area contributed by atoms with Crippen molar-refractivity contribution in [2.45, 2.75) is 38.5 Å². The summed E-state index contributed by atoms with van der Waals surface area (Å²) in [5, 5.41) is 0. The molecule has 1 aliphatic heterocycles. The Morgan fingerprint density at radius 2 is 1.79 bits per heavy atom. The maximum absolute atomic E-state index is 13.4. The van der Waals surface area contributed by atoms with Crippen LogP contribution in [0.1, 0.15) is 41.6 Å². The van der Waals surface area contributed by atoms with Gasteiger partial charge in [-0.15, -0.1) is 0 Å². The molecule has 5 nitrogen and oxygen atoms in total. The average Bonchev–Trinajstić information content (AvgIpc) is 2.76. The molecule has 33 heavy (non-hydrogen) atoms. The molecule has 1 heterocycles. The third kappa shape index (κ3) is 6.35. The fourth-order valence-corrected chi connectivity index (χ4v) is 4.22.